The summed E-state index contributed by atoms with van der Waals surface area (Å²) in [5.74, 6) is -0.810. The van der Waals surface area contributed by atoms with E-state index >= 15 is 0 Å². The van der Waals surface area contributed by atoms with Crippen molar-refractivity contribution in [2.24, 2.45) is 0 Å². The number of carboxylic acids is 1. The smallest absolute Gasteiger partial charge is 0.320 e. The number of carbonyl (C=O) groups excluding carboxylic acids is 1. The van der Waals surface area contributed by atoms with E-state index in [1.165, 1.54) is 44.9 Å². The summed E-state index contributed by atoms with van der Waals surface area (Å²) in [7, 11) is 0. The molecule has 1 unspecified atom stereocenters. The van der Waals surface area contributed by atoms with Gasteiger partial charge < -0.3 is 15.2 Å². The summed E-state index contributed by atoms with van der Waals surface area (Å²) < 4.78 is 0. The van der Waals surface area contributed by atoms with Crippen molar-refractivity contribution in [1.29, 1.82) is 0 Å². The Morgan fingerprint density at radius 3 is 2.20 bits per heavy atom. The molecule has 0 fully saturated rings. The molecule has 0 saturated heterocycles. The predicted molar refractivity (Wildman–Crippen MR) is 82.0 cm³/mol. The Hall–Kier alpha value is -0.900. The number of carboxylic acid groups (broad SMARTS) is 1. The van der Waals surface area contributed by atoms with Gasteiger partial charge in [-0.3, -0.25) is 4.79 Å². The number of nitrogens with one attached hydrogen (secondary N) is 1. The lowest BCUT2D eigenvalue weighted by Crippen LogP contribution is -2.37. The molecular formula is C16H31NO3. The van der Waals surface area contributed by atoms with Crippen LogP contribution in [0.15, 0.2) is 0 Å². The van der Waals surface area contributed by atoms with Crippen molar-refractivity contribution >= 4 is 12.3 Å². The molecule has 20 heavy (non-hydrogen) atoms. The number of hydrogen-bond acceptors (Lipinski definition) is 3. The first kappa shape index (κ1) is 19.1. The maximum Gasteiger partial charge on any atom is 0.320 e. The molecule has 0 radical (unpaired) electrons. The third-order valence-corrected chi connectivity index (χ3v) is 3.53. The molecule has 0 heterocycles. The van der Waals surface area contributed by atoms with Gasteiger partial charge in [-0.1, -0.05) is 51.9 Å². The molecule has 0 amide bonds. The van der Waals surface area contributed by atoms with Gasteiger partial charge in [0.2, 0.25) is 0 Å². The van der Waals surface area contributed by atoms with E-state index in [1.807, 2.05) is 0 Å². The Balaban J connectivity index is 3.44. The second-order valence-corrected chi connectivity index (χ2v) is 5.42. The number of hydrogen-bond donors (Lipinski definition) is 2. The van der Waals surface area contributed by atoms with Gasteiger partial charge in [0.15, 0.2) is 0 Å². The highest BCUT2D eigenvalue weighted by molar-refractivity contribution is 5.73. The van der Waals surface area contributed by atoms with E-state index in [-0.39, 0.29) is 0 Å². The van der Waals surface area contributed by atoms with Crippen LogP contribution in [0.3, 0.4) is 0 Å². The van der Waals surface area contributed by atoms with Gasteiger partial charge in [0.1, 0.15) is 12.3 Å². The summed E-state index contributed by atoms with van der Waals surface area (Å²) in [6, 6.07) is -0.500. The fourth-order valence-electron chi connectivity index (χ4n) is 2.25. The standard InChI is InChI=1S/C16H31NO3/c1-2-3-4-5-6-7-8-10-13-17-15(16(19)20)12-9-11-14-18/h14-15,17H,2-13H2,1H3,(H,19,20). The molecular weight excluding hydrogens is 254 g/mol. The second kappa shape index (κ2) is 14.5. The van der Waals surface area contributed by atoms with E-state index in [0.29, 0.717) is 19.3 Å². The third kappa shape index (κ3) is 12.2. The van der Waals surface area contributed by atoms with Gasteiger partial charge >= 0.3 is 5.97 Å². The molecule has 0 bridgehead atoms. The number of unbranched alkanes of at least 4 members (excludes halogenated alkanes) is 8. The SMILES string of the molecule is CCCCCCCCCCNC(CCCC=O)C(=O)O. The van der Waals surface area contributed by atoms with Crippen LogP contribution in [0.4, 0.5) is 0 Å². The molecule has 0 aliphatic rings. The lowest BCUT2D eigenvalue weighted by atomic mass is 10.1. The van der Waals surface area contributed by atoms with Gasteiger partial charge in [-0.2, -0.15) is 0 Å². The van der Waals surface area contributed by atoms with Gasteiger partial charge in [0, 0.05) is 6.42 Å². The number of carbonyl (C=O) groups is 2. The topological polar surface area (TPSA) is 66.4 Å². The zero-order valence-electron chi connectivity index (χ0n) is 12.9. The van der Waals surface area contributed by atoms with Gasteiger partial charge in [-0.15, -0.1) is 0 Å². The molecule has 2 N–H and O–H groups in total. The van der Waals surface area contributed by atoms with E-state index < -0.39 is 12.0 Å². The lowest BCUT2D eigenvalue weighted by molar-refractivity contribution is -0.139. The second-order valence-electron chi connectivity index (χ2n) is 5.42. The van der Waals surface area contributed by atoms with E-state index in [9.17, 15) is 9.59 Å². The predicted octanol–water partition coefficient (Wildman–Crippen LogP) is 3.54. The molecule has 4 nitrogen and oxygen atoms in total. The summed E-state index contributed by atoms with van der Waals surface area (Å²) in [4.78, 5) is 21.2. The Kier molecular flexibility index (Phi) is 13.9. The molecule has 0 spiro atoms. The maximum absolute atomic E-state index is 11.0. The summed E-state index contributed by atoms with van der Waals surface area (Å²) in [6.07, 6.45) is 12.5. The minimum absolute atomic E-state index is 0.448. The van der Waals surface area contributed by atoms with Gasteiger partial charge in [0.05, 0.1) is 0 Å². The van der Waals surface area contributed by atoms with Gasteiger partial charge in [0.25, 0.3) is 0 Å². The molecule has 0 aromatic carbocycles. The molecule has 4 heteroatoms. The minimum atomic E-state index is -0.810. The van der Waals surface area contributed by atoms with E-state index in [1.54, 1.807) is 0 Å². The van der Waals surface area contributed by atoms with Crippen molar-refractivity contribution in [3.63, 3.8) is 0 Å². The van der Waals surface area contributed by atoms with Crippen molar-refractivity contribution < 1.29 is 14.7 Å². The molecule has 0 aromatic heterocycles. The maximum atomic E-state index is 11.0. The van der Waals surface area contributed by atoms with E-state index in [0.717, 1.165) is 19.3 Å². The highest BCUT2D eigenvalue weighted by Crippen LogP contribution is 2.08. The molecule has 0 aromatic rings. The molecule has 0 aliphatic carbocycles. The van der Waals surface area contributed by atoms with Gasteiger partial charge in [-0.25, -0.2) is 0 Å². The number of rotatable bonds is 15. The molecule has 0 aliphatic heterocycles. The average molecular weight is 285 g/mol. The molecule has 0 rings (SSSR count). The van der Waals surface area contributed by atoms with E-state index in [2.05, 4.69) is 12.2 Å². The third-order valence-electron chi connectivity index (χ3n) is 3.53. The summed E-state index contributed by atoms with van der Waals surface area (Å²) >= 11 is 0. The van der Waals surface area contributed by atoms with Crippen LogP contribution >= 0.6 is 0 Å². The zero-order chi connectivity index (χ0) is 15.1. The van der Waals surface area contributed by atoms with Crippen LogP contribution in [0.1, 0.15) is 77.6 Å². The van der Waals surface area contributed by atoms with Gasteiger partial charge in [-0.05, 0) is 25.8 Å². The van der Waals surface area contributed by atoms with Crippen LogP contribution in [-0.4, -0.2) is 29.9 Å². The minimum Gasteiger partial charge on any atom is -0.480 e. The van der Waals surface area contributed by atoms with Crippen LogP contribution < -0.4 is 5.32 Å². The Labute approximate surface area is 123 Å². The van der Waals surface area contributed by atoms with Crippen LogP contribution in [0.2, 0.25) is 0 Å². The van der Waals surface area contributed by atoms with Crippen LogP contribution in [0.5, 0.6) is 0 Å². The molecule has 1 atom stereocenters. The van der Waals surface area contributed by atoms with Crippen LogP contribution in [-0.2, 0) is 9.59 Å². The van der Waals surface area contributed by atoms with Crippen molar-refractivity contribution in [3.8, 4) is 0 Å². The summed E-state index contributed by atoms with van der Waals surface area (Å²) in [5, 5.41) is 12.1. The monoisotopic (exact) mass is 285 g/mol. The largest absolute Gasteiger partial charge is 0.480 e. The summed E-state index contributed by atoms with van der Waals surface area (Å²) in [5.41, 5.74) is 0. The van der Waals surface area contributed by atoms with Crippen LogP contribution in [0, 0.1) is 0 Å². The van der Waals surface area contributed by atoms with Crippen LogP contribution in [0.25, 0.3) is 0 Å². The average Bonchev–Trinajstić information content (AvgIpc) is 2.43. The zero-order valence-corrected chi connectivity index (χ0v) is 12.9. The first-order chi connectivity index (χ1) is 9.72. The number of aldehydes is 1. The van der Waals surface area contributed by atoms with Crippen molar-refractivity contribution in [1.82, 2.24) is 5.32 Å². The fraction of sp³-hybridized carbons (Fsp3) is 0.875. The molecule has 0 saturated carbocycles. The molecule has 118 valence electrons. The quantitative estimate of drug-likeness (QED) is 0.357. The van der Waals surface area contributed by atoms with Crippen molar-refractivity contribution in [2.75, 3.05) is 6.54 Å². The fourth-order valence-corrected chi connectivity index (χ4v) is 2.25. The lowest BCUT2D eigenvalue weighted by Gasteiger charge is -2.13. The van der Waals surface area contributed by atoms with Crippen molar-refractivity contribution in [3.05, 3.63) is 0 Å². The summed E-state index contributed by atoms with van der Waals surface area (Å²) in [6.45, 7) is 2.98. The normalized spacial score (nSPS) is 12.2. The Morgan fingerprint density at radius 2 is 1.65 bits per heavy atom. The van der Waals surface area contributed by atoms with Crippen molar-refractivity contribution in [2.45, 2.75) is 83.6 Å². The number of aliphatic carboxylic acids is 1. The highest BCUT2D eigenvalue weighted by atomic mass is 16.4. The highest BCUT2D eigenvalue weighted by Gasteiger charge is 2.15. The Bertz CT molecular complexity index is 244. The first-order valence-electron chi connectivity index (χ1n) is 8.12. The first-order valence-corrected chi connectivity index (χ1v) is 8.12. The van der Waals surface area contributed by atoms with E-state index in [4.69, 9.17) is 5.11 Å². The Morgan fingerprint density at radius 1 is 1.05 bits per heavy atom.